The molecule has 0 saturated heterocycles. The monoisotopic (exact) mass is 268 g/mol. The predicted molar refractivity (Wildman–Crippen MR) is 76.6 cm³/mol. The highest BCUT2D eigenvalue weighted by molar-refractivity contribution is 5.60. The summed E-state index contributed by atoms with van der Waals surface area (Å²) in [5.41, 5.74) is 3.15. The molecule has 0 aliphatic heterocycles. The zero-order valence-electron chi connectivity index (χ0n) is 11.3. The number of hydrogen-bond donors (Lipinski definition) is 1. The van der Waals surface area contributed by atoms with E-state index in [0.717, 1.165) is 30.2 Å². The second kappa shape index (κ2) is 5.56. The first-order valence-corrected chi connectivity index (χ1v) is 6.55. The van der Waals surface area contributed by atoms with E-state index in [1.54, 1.807) is 11.0 Å². The number of nitrogens with one attached hydrogen (secondary N) is 1. The molecule has 6 heteroatoms. The maximum atomic E-state index is 4.17. The van der Waals surface area contributed by atoms with Crippen LogP contribution >= 0.6 is 0 Å². The third-order valence-corrected chi connectivity index (χ3v) is 3.17. The van der Waals surface area contributed by atoms with E-state index in [4.69, 9.17) is 0 Å². The van der Waals surface area contributed by atoms with Gasteiger partial charge in [-0.25, -0.2) is 14.6 Å². The van der Waals surface area contributed by atoms with Gasteiger partial charge < -0.3 is 9.88 Å². The fourth-order valence-electron chi connectivity index (χ4n) is 2.12. The summed E-state index contributed by atoms with van der Waals surface area (Å²) >= 11 is 0. The van der Waals surface area contributed by atoms with Gasteiger partial charge in [0.05, 0.1) is 29.9 Å². The molecule has 0 aliphatic carbocycles. The minimum absolute atomic E-state index is 0.722. The van der Waals surface area contributed by atoms with Crippen LogP contribution in [0.2, 0.25) is 0 Å². The Labute approximate surface area is 117 Å². The summed E-state index contributed by atoms with van der Waals surface area (Å²) in [6.45, 7) is 3.75. The quantitative estimate of drug-likeness (QED) is 0.769. The van der Waals surface area contributed by atoms with Crippen LogP contribution in [-0.4, -0.2) is 24.3 Å². The molecule has 1 aromatic carbocycles. The van der Waals surface area contributed by atoms with Crippen molar-refractivity contribution >= 4 is 5.69 Å². The van der Waals surface area contributed by atoms with Gasteiger partial charge in [0, 0.05) is 12.7 Å². The normalized spacial score (nSPS) is 10.7. The minimum atomic E-state index is 0.722. The molecule has 0 fully saturated rings. The third kappa shape index (κ3) is 2.40. The largest absolute Gasteiger partial charge is 0.378 e. The number of benzene rings is 1. The SMILES string of the molecule is CCn1cncc1CNc1ccccc1-n1cncn1. The van der Waals surface area contributed by atoms with Gasteiger partial charge in [-0.3, -0.25) is 0 Å². The van der Waals surface area contributed by atoms with Crippen molar-refractivity contribution < 1.29 is 0 Å². The Morgan fingerprint density at radius 2 is 2.05 bits per heavy atom. The summed E-state index contributed by atoms with van der Waals surface area (Å²) in [4.78, 5) is 8.16. The Morgan fingerprint density at radius 3 is 2.85 bits per heavy atom. The van der Waals surface area contributed by atoms with Gasteiger partial charge in [0.25, 0.3) is 0 Å². The van der Waals surface area contributed by atoms with Crippen molar-refractivity contribution in [1.82, 2.24) is 24.3 Å². The third-order valence-electron chi connectivity index (χ3n) is 3.17. The van der Waals surface area contributed by atoms with Gasteiger partial charge >= 0.3 is 0 Å². The van der Waals surface area contributed by atoms with E-state index >= 15 is 0 Å². The molecule has 3 rings (SSSR count). The topological polar surface area (TPSA) is 60.6 Å². The Hall–Kier alpha value is -2.63. The zero-order valence-corrected chi connectivity index (χ0v) is 11.3. The molecule has 0 bridgehead atoms. The van der Waals surface area contributed by atoms with E-state index in [0.29, 0.717) is 0 Å². The molecule has 2 aromatic heterocycles. The molecule has 102 valence electrons. The number of aromatic nitrogens is 5. The minimum Gasteiger partial charge on any atom is -0.378 e. The lowest BCUT2D eigenvalue weighted by Gasteiger charge is -2.12. The average Bonchev–Trinajstić information content (AvgIpc) is 3.16. The summed E-state index contributed by atoms with van der Waals surface area (Å²) in [5.74, 6) is 0. The van der Waals surface area contributed by atoms with Crippen molar-refractivity contribution in [1.29, 1.82) is 0 Å². The number of imidazole rings is 1. The molecule has 0 aliphatic rings. The van der Waals surface area contributed by atoms with Gasteiger partial charge in [0.1, 0.15) is 12.7 Å². The van der Waals surface area contributed by atoms with E-state index in [1.807, 2.05) is 36.8 Å². The van der Waals surface area contributed by atoms with Crippen LogP contribution in [-0.2, 0) is 13.1 Å². The first-order chi connectivity index (χ1) is 9.88. The number of aryl methyl sites for hydroxylation is 1. The Bertz CT molecular complexity index is 671. The van der Waals surface area contributed by atoms with Crippen LogP contribution < -0.4 is 5.32 Å². The Balaban J connectivity index is 1.81. The molecule has 0 spiro atoms. The van der Waals surface area contributed by atoms with Crippen LogP contribution in [0.4, 0.5) is 5.69 Å². The standard InChI is InChI=1S/C14H16N6/c1-2-19-10-15-7-12(19)8-17-13-5-3-4-6-14(13)20-11-16-9-18-20/h3-7,9-11,17H,2,8H2,1H3. The first-order valence-electron chi connectivity index (χ1n) is 6.55. The van der Waals surface area contributed by atoms with Crippen LogP contribution in [0, 0.1) is 0 Å². The molecule has 0 atom stereocenters. The van der Waals surface area contributed by atoms with Crippen molar-refractivity contribution in [2.45, 2.75) is 20.0 Å². The highest BCUT2D eigenvalue weighted by Crippen LogP contribution is 2.19. The van der Waals surface area contributed by atoms with Gasteiger partial charge in [-0.1, -0.05) is 12.1 Å². The van der Waals surface area contributed by atoms with Crippen LogP contribution in [0.3, 0.4) is 0 Å². The van der Waals surface area contributed by atoms with Gasteiger partial charge in [-0.2, -0.15) is 5.10 Å². The average molecular weight is 268 g/mol. The van der Waals surface area contributed by atoms with Crippen molar-refractivity contribution in [3.63, 3.8) is 0 Å². The lowest BCUT2D eigenvalue weighted by Crippen LogP contribution is -2.08. The molecule has 20 heavy (non-hydrogen) atoms. The van der Waals surface area contributed by atoms with Crippen molar-refractivity contribution in [3.05, 3.63) is 55.1 Å². The summed E-state index contributed by atoms with van der Waals surface area (Å²) < 4.78 is 3.87. The molecule has 0 unspecified atom stereocenters. The van der Waals surface area contributed by atoms with Crippen LogP contribution in [0.1, 0.15) is 12.6 Å². The molecular formula is C14H16N6. The number of para-hydroxylation sites is 2. The summed E-state index contributed by atoms with van der Waals surface area (Å²) in [6.07, 6.45) is 6.95. The van der Waals surface area contributed by atoms with E-state index in [1.165, 1.54) is 6.33 Å². The van der Waals surface area contributed by atoms with Crippen LogP contribution in [0.15, 0.2) is 49.4 Å². The van der Waals surface area contributed by atoms with E-state index < -0.39 is 0 Å². The van der Waals surface area contributed by atoms with Crippen molar-refractivity contribution in [2.75, 3.05) is 5.32 Å². The predicted octanol–water partition coefficient (Wildman–Crippen LogP) is 2.10. The maximum Gasteiger partial charge on any atom is 0.138 e. The second-order valence-electron chi connectivity index (χ2n) is 4.38. The molecule has 3 aromatic rings. The molecule has 1 N–H and O–H groups in total. The number of anilines is 1. The fourth-order valence-corrected chi connectivity index (χ4v) is 2.12. The summed E-state index contributed by atoms with van der Waals surface area (Å²) in [6, 6.07) is 8.02. The number of nitrogens with zero attached hydrogens (tertiary/aromatic N) is 5. The van der Waals surface area contributed by atoms with Gasteiger partial charge in [-0.05, 0) is 19.1 Å². The number of rotatable bonds is 5. The molecule has 0 amide bonds. The molecule has 0 radical (unpaired) electrons. The molecular weight excluding hydrogens is 252 g/mol. The van der Waals surface area contributed by atoms with E-state index in [9.17, 15) is 0 Å². The van der Waals surface area contributed by atoms with Crippen molar-refractivity contribution in [2.24, 2.45) is 0 Å². The lowest BCUT2D eigenvalue weighted by molar-refractivity contribution is 0.719. The summed E-state index contributed by atoms with van der Waals surface area (Å²) in [5, 5.41) is 7.60. The summed E-state index contributed by atoms with van der Waals surface area (Å²) in [7, 11) is 0. The van der Waals surface area contributed by atoms with Gasteiger partial charge in [0.15, 0.2) is 0 Å². The molecule has 2 heterocycles. The first kappa shape index (κ1) is 12.4. The van der Waals surface area contributed by atoms with Crippen LogP contribution in [0.25, 0.3) is 5.69 Å². The Kier molecular flexibility index (Phi) is 3.45. The smallest absolute Gasteiger partial charge is 0.138 e. The highest BCUT2D eigenvalue weighted by Gasteiger charge is 2.05. The molecule has 0 saturated carbocycles. The Morgan fingerprint density at radius 1 is 1.15 bits per heavy atom. The van der Waals surface area contributed by atoms with Gasteiger partial charge in [-0.15, -0.1) is 0 Å². The fraction of sp³-hybridized carbons (Fsp3) is 0.214. The van der Waals surface area contributed by atoms with E-state index in [2.05, 4.69) is 31.9 Å². The number of hydrogen-bond acceptors (Lipinski definition) is 4. The zero-order chi connectivity index (χ0) is 13.8. The second-order valence-corrected chi connectivity index (χ2v) is 4.38. The highest BCUT2D eigenvalue weighted by atomic mass is 15.3. The van der Waals surface area contributed by atoms with Gasteiger partial charge in [0.2, 0.25) is 0 Å². The van der Waals surface area contributed by atoms with E-state index in [-0.39, 0.29) is 0 Å². The maximum absolute atomic E-state index is 4.17. The van der Waals surface area contributed by atoms with Crippen molar-refractivity contribution in [3.8, 4) is 5.69 Å². The lowest BCUT2D eigenvalue weighted by atomic mass is 10.2. The molecule has 6 nitrogen and oxygen atoms in total. The van der Waals surface area contributed by atoms with Crippen LogP contribution in [0.5, 0.6) is 0 Å².